The zero-order valence-corrected chi connectivity index (χ0v) is 11.3. The number of benzene rings is 1. The number of rotatable bonds is 2. The lowest BCUT2D eigenvalue weighted by molar-refractivity contribution is 0.247. The smallest absolute Gasteiger partial charge is 0.0346 e. The van der Waals surface area contributed by atoms with Crippen molar-refractivity contribution < 1.29 is 0 Å². The molecule has 3 nitrogen and oxygen atoms in total. The summed E-state index contributed by atoms with van der Waals surface area (Å²) in [7, 11) is 0. The van der Waals surface area contributed by atoms with Crippen molar-refractivity contribution in [1.82, 2.24) is 15.2 Å². The van der Waals surface area contributed by atoms with Gasteiger partial charge in [0.2, 0.25) is 0 Å². The highest BCUT2D eigenvalue weighted by atomic mass is 15.1. The third-order valence-electron chi connectivity index (χ3n) is 3.79. The topological polar surface area (TPSA) is 28.2 Å². The average molecular weight is 255 g/mol. The van der Waals surface area contributed by atoms with Gasteiger partial charge in [-0.25, -0.2) is 0 Å². The first-order valence-corrected chi connectivity index (χ1v) is 7.17. The number of pyridine rings is 1. The van der Waals surface area contributed by atoms with Crippen LogP contribution in [0.15, 0.2) is 36.7 Å². The van der Waals surface area contributed by atoms with Gasteiger partial charge in [0.15, 0.2) is 0 Å². The molecule has 0 radical (unpaired) electrons. The minimum atomic E-state index is 1.06. The van der Waals surface area contributed by atoms with Gasteiger partial charge in [-0.2, -0.15) is 0 Å². The summed E-state index contributed by atoms with van der Waals surface area (Å²) in [5.74, 6) is 0. The maximum atomic E-state index is 4.16. The summed E-state index contributed by atoms with van der Waals surface area (Å²) in [4.78, 5) is 6.71. The molecule has 3 heteroatoms. The zero-order valence-electron chi connectivity index (χ0n) is 11.3. The fraction of sp³-hybridized carbons (Fsp3) is 0.438. The van der Waals surface area contributed by atoms with E-state index >= 15 is 0 Å². The summed E-state index contributed by atoms with van der Waals surface area (Å²) >= 11 is 0. The van der Waals surface area contributed by atoms with Crippen LogP contribution in [0.5, 0.6) is 0 Å². The van der Waals surface area contributed by atoms with E-state index < -0.39 is 0 Å². The molecule has 1 fully saturated rings. The highest BCUT2D eigenvalue weighted by Gasteiger charge is 2.08. The third-order valence-corrected chi connectivity index (χ3v) is 3.79. The summed E-state index contributed by atoms with van der Waals surface area (Å²) in [5.41, 5.74) is 1.40. The van der Waals surface area contributed by atoms with E-state index in [9.17, 15) is 0 Å². The normalized spacial score (nSPS) is 18.1. The molecule has 1 aliphatic rings. The van der Waals surface area contributed by atoms with Crippen molar-refractivity contribution in [1.29, 1.82) is 0 Å². The lowest BCUT2D eigenvalue weighted by atomic mass is 10.1. The lowest BCUT2D eigenvalue weighted by Crippen LogP contribution is -2.35. The van der Waals surface area contributed by atoms with Gasteiger partial charge in [-0.3, -0.25) is 9.88 Å². The largest absolute Gasteiger partial charge is 0.315 e. The summed E-state index contributed by atoms with van der Waals surface area (Å²) < 4.78 is 0. The van der Waals surface area contributed by atoms with Crippen molar-refractivity contribution in [2.24, 2.45) is 0 Å². The molecule has 0 bridgehead atoms. The number of hydrogen-bond acceptors (Lipinski definition) is 3. The molecule has 1 N–H and O–H groups in total. The van der Waals surface area contributed by atoms with Crippen molar-refractivity contribution in [2.45, 2.75) is 19.4 Å². The Morgan fingerprint density at radius 3 is 3.05 bits per heavy atom. The highest BCUT2D eigenvalue weighted by molar-refractivity contribution is 5.81. The fourth-order valence-corrected chi connectivity index (χ4v) is 2.71. The molecule has 0 spiro atoms. The molecule has 100 valence electrons. The molecule has 2 aromatic rings. The van der Waals surface area contributed by atoms with Crippen molar-refractivity contribution in [3.05, 3.63) is 42.2 Å². The molecule has 2 heterocycles. The maximum Gasteiger partial charge on any atom is 0.0346 e. The quantitative estimate of drug-likeness (QED) is 0.893. The van der Waals surface area contributed by atoms with Crippen molar-refractivity contribution >= 4 is 10.8 Å². The molecule has 19 heavy (non-hydrogen) atoms. The Balaban J connectivity index is 1.72. The predicted molar refractivity (Wildman–Crippen MR) is 79.1 cm³/mol. The number of fused-ring (bicyclic) bond motifs is 1. The molecule has 0 atom stereocenters. The van der Waals surface area contributed by atoms with E-state index in [0.29, 0.717) is 0 Å². The minimum absolute atomic E-state index is 1.06. The molecule has 1 aromatic carbocycles. The van der Waals surface area contributed by atoms with E-state index in [2.05, 4.69) is 39.5 Å². The first kappa shape index (κ1) is 12.6. The second-order valence-corrected chi connectivity index (χ2v) is 5.29. The number of nitrogens with zero attached hydrogens (tertiary/aromatic N) is 2. The van der Waals surface area contributed by atoms with Crippen LogP contribution in [0, 0.1) is 0 Å². The SMILES string of the molecule is c1cc2cc(CN3CCCCNCC3)ccc2cn1. The zero-order chi connectivity index (χ0) is 12.9. The molecule has 0 aliphatic carbocycles. The standard InChI is InChI=1S/C16H21N3/c1-2-9-19(10-8-17-6-1)13-14-3-4-16-12-18-7-5-15(16)11-14/h3-5,7,11-12,17H,1-2,6,8-10,13H2. The Hall–Kier alpha value is -1.45. The maximum absolute atomic E-state index is 4.16. The van der Waals surface area contributed by atoms with Crippen LogP contribution in [0.2, 0.25) is 0 Å². The van der Waals surface area contributed by atoms with E-state index in [0.717, 1.165) is 19.6 Å². The second kappa shape index (κ2) is 6.13. The minimum Gasteiger partial charge on any atom is -0.315 e. The Bertz CT molecular complexity index is 530. The van der Waals surface area contributed by atoms with Crippen LogP contribution in [0.1, 0.15) is 18.4 Å². The summed E-state index contributed by atoms with van der Waals surface area (Å²) in [6.45, 7) is 5.71. The lowest BCUT2D eigenvalue weighted by Gasteiger charge is -2.25. The van der Waals surface area contributed by atoms with Crippen LogP contribution in [-0.4, -0.2) is 36.1 Å². The van der Waals surface area contributed by atoms with E-state index in [1.165, 1.54) is 42.3 Å². The average Bonchev–Trinajstić information content (AvgIpc) is 2.41. The van der Waals surface area contributed by atoms with E-state index in [-0.39, 0.29) is 0 Å². The Kier molecular flexibility index (Phi) is 4.06. The monoisotopic (exact) mass is 255 g/mol. The van der Waals surface area contributed by atoms with Gasteiger partial charge in [-0.1, -0.05) is 12.1 Å². The third kappa shape index (κ3) is 3.31. The van der Waals surface area contributed by atoms with Crippen LogP contribution in [0.3, 0.4) is 0 Å². The second-order valence-electron chi connectivity index (χ2n) is 5.29. The Labute approximate surface area is 114 Å². The van der Waals surface area contributed by atoms with Gasteiger partial charge in [0, 0.05) is 37.4 Å². The molecule has 0 amide bonds. The molecule has 1 saturated heterocycles. The van der Waals surface area contributed by atoms with Gasteiger partial charge < -0.3 is 5.32 Å². The van der Waals surface area contributed by atoms with Crippen LogP contribution in [-0.2, 0) is 6.54 Å². The molecule has 0 saturated carbocycles. The Morgan fingerprint density at radius 1 is 1.05 bits per heavy atom. The first-order chi connectivity index (χ1) is 9.42. The summed E-state index contributed by atoms with van der Waals surface area (Å²) in [6.07, 6.45) is 6.38. The van der Waals surface area contributed by atoms with Gasteiger partial charge in [0.05, 0.1) is 0 Å². The van der Waals surface area contributed by atoms with Crippen LogP contribution < -0.4 is 5.32 Å². The number of hydrogen-bond donors (Lipinski definition) is 1. The van der Waals surface area contributed by atoms with E-state index in [4.69, 9.17) is 0 Å². The van der Waals surface area contributed by atoms with Gasteiger partial charge in [-0.15, -0.1) is 0 Å². The van der Waals surface area contributed by atoms with Gasteiger partial charge in [0.25, 0.3) is 0 Å². The molecular formula is C16H21N3. The Morgan fingerprint density at radius 2 is 2.05 bits per heavy atom. The summed E-state index contributed by atoms with van der Waals surface area (Å²) in [6, 6.07) is 8.80. The molecule has 1 aromatic heterocycles. The van der Waals surface area contributed by atoms with Crippen LogP contribution >= 0.6 is 0 Å². The first-order valence-electron chi connectivity index (χ1n) is 7.17. The van der Waals surface area contributed by atoms with Crippen molar-refractivity contribution in [3.8, 4) is 0 Å². The van der Waals surface area contributed by atoms with E-state index in [1.54, 1.807) is 0 Å². The molecular weight excluding hydrogens is 234 g/mol. The predicted octanol–water partition coefficient (Wildman–Crippen LogP) is 2.42. The number of aromatic nitrogens is 1. The van der Waals surface area contributed by atoms with Gasteiger partial charge >= 0.3 is 0 Å². The van der Waals surface area contributed by atoms with Crippen LogP contribution in [0.4, 0.5) is 0 Å². The summed E-state index contributed by atoms with van der Waals surface area (Å²) in [5, 5.41) is 5.99. The molecule has 3 rings (SSSR count). The van der Waals surface area contributed by atoms with Crippen molar-refractivity contribution in [2.75, 3.05) is 26.2 Å². The highest BCUT2D eigenvalue weighted by Crippen LogP contribution is 2.16. The van der Waals surface area contributed by atoms with E-state index in [1.807, 2.05) is 12.4 Å². The van der Waals surface area contributed by atoms with Crippen molar-refractivity contribution in [3.63, 3.8) is 0 Å². The number of nitrogens with one attached hydrogen (secondary N) is 1. The fourth-order valence-electron chi connectivity index (χ4n) is 2.71. The van der Waals surface area contributed by atoms with Gasteiger partial charge in [0.1, 0.15) is 0 Å². The van der Waals surface area contributed by atoms with Crippen LogP contribution in [0.25, 0.3) is 10.8 Å². The molecule has 1 aliphatic heterocycles. The van der Waals surface area contributed by atoms with Gasteiger partial charge in [-0.05, 0) is 49.0 Å². The molecule has 0 unspecified atom stereocenters.